The molecule has 3 aromatic rings. The second-order valence-corrected chi connectivity index (χ2v) is 7.84. The number of benzene rings is 3. The van der Waals surface area contributed by atoms with Crippen LogP contribution in [0.25, 0.3) is 11.1 Å². The molecule has 0 N–H and O–H groups in total. The van der Waals surface area contributed by atoms with Gasteiger partial charge in [-0.1, -0.05) is 0 Å². The molecule has 0 saturated carbocycles. The molecule has 0 saturated heterocycles. The van der Waals surface area contributed by atoms with E-state index in [1.807, 2.05) is 48.5 Å². The van der Waals surface area contributed by atoms with Crippen molar-refractivity contribution in [3.05, 3.63) is 84.7 Å². The molecule has 3 rings (SSSR count). The number of rotatable bonds is 6. The summed E-state index contributed by atoms with van der Waals surface area (Å²) in [5.41, 5.74) is 1.29. The fourth-order valence-electron chi connectivity index (χ4n) is 2.36. The average Bonchev–Trinajstić information content (AvgIpc) is 2.63. The van der Waals surface area contributed by atoms with Crippen LogP contribution in [-0.2, 0) is 4.79 Å². The van der Waals surface area contributed by atoms with Crippen molar-refractivity contribution in [1.29, 1.82) is 0 Å². The van der Waals surface area contributed by atoms with Gasteiger partial charge in [0, 0.05) is 0 Å². The van der Waals surface area contributed by atoms with E-state index in [1.54, 1.807) is 12.1 Å². The van der Waals surface area contributed by atoms with Gasteiger partial charge in [0.05, 0.1) is 0 Å². The number of ether oxygens (including phenoxy) is 1. The summed E-state index contributed by atoms with van der Waals surface area (Å²) in [7, 11) is 0. The molecule has 3 aromatic carbocycles. The molecule has 0 heterocycles. The Bertz CT molecular complexity index is 835. The summed E-state index contributed by atoms with van der Waals surface area (Å²) < 4.78 is 20.8. The third-order valence-electron chi connectivity index (χ3n) is 3.58. The van der Waals surface area contributed by atoms with Crippen LogP contribution in [0.15, 0.2) is 78.9 Å². The monoisotopic (exact) mass is 400 g/mol. The molecule has 2 nitrogen and oxygen atoms in total. The number of carbonyl (C=O) groups excluding carboxylic acids is 1. The predicted octanol–water partition coefficient (Wildman–Crippen LogP) is 4.24. The summed E-state index contributed by atoms with van der Waals surface area (Å²) in [4.78, 5) is 11.9. The maximum absolute atomic E-state index is 14.3. The Hall–Kier alpha value is -2.42. The summed E-state index contributed by atoms with van der Waals surface area (Å²) in [5, 5.41) is 0.764. The molecule has 0 aliphatic heterocycles. The molecule has 0 atom stereocenters. The van der Waals surface area contributed by atoms with E-state index in [-0.39, 0.29) is 26.7 Å². The summed E-state index contributed by atoms with van der Waals surface area (Å²) in [6, 6.07) is 23.9. The zero-order chi connectivity index (χ0) is 17.5. The summed E-state index contributed by atoms with van der Waals surface area (Å²) in [6.07, 6.45) is 0.330. The molecule has 4 heteroatoms. The first-order chi connectivity index (χ1) is 12.2. The van der Waals surface area contributed by atoms with E-state index in [1.165, 1.54) is 10.5 Å². The van der Waals surface area contributed by atoms with Crippen molar-refractivity contribution in [2.24, 2.45) is 0 Å². The van der Waals surface area contributed by atoms with Crippen LogP contribution in [-0.4, -0.2) is 20.9 Å². The normalized spacial score (nSPS) is 10.4. The van der Waals surface area contributed by atoms with Gasteiger partial charge >= 0.3 is 153 Å². The Labute approximate surface area is 152 Å². The molecular formula is C21H17FO2Se. The molecule has 0 unspecified atom stereocenters. The van der Waals surface area contributed by atoms with Crippen molar-refractivity contribution in [2.45, 2.75) is 11.7 Å². The second-order valence-electron chi connectivity index (χ2n) is 5.39. The number of halogens is 1. The molecule has 25 heavy (non-hydrogen) atoms. The van der Waals surface area contributed by atoms with Gasteiger partial charge in [0.1, 0.15) is 0 Å². The van der Waals surface area contributed by atoms with E-state index in [0.717, 1.165) is 10.9 Å². The fourth-order valence-corrected chi connectivity index (χ4v) is 4.15. The van der Waals surface area contributed by atoms with Gasteiger partial charge in [-0.2, -0.15) is 0 Å². The van der Waals surface area contributed by atoms with Crippen molar-refractivity contribution < 1.29 is 13.9 Å². The first-order valence-corrected chi connectivity index (χ1v) is 10.0. The SMILES string of the molecule is O=C(CC[Se]c1ccccc1)Oc1ccc(-c2ccccc2)c(F)c1. The number of esters is 1. The van der Waals surface area contributed by atoms with Crippen LogP contribution < -0.4 is 9.20 Å². The summed E-state index contributed by atoms with van der Waals surface area (Å²) >= 11 is 0.239. The van der Waals surface area contributed by atoms with Crippen LogP contribution in [0, 0.1) is 5.82 Å². The number of carbonyl (C=O) groups is 1. The van der Waals surface area contributed by atoms with Gasteiger partial charge in [0.15, 0.2) is 0 Å². The van der Waals surface area contributed by atoms with Crippen LogP contribution in [0.5, 0.6) is 5.75 Å². The van der Waals surface area contributed by atoms with Gasteiger partial charge in [0.25, 0.3) is 0 Å². The quantitative estimate of drug-likeness (QED) is 0.352. The predicted molar refractivity (Wildman–Crippen MR) is 98.7 cm³/mol. The molecule has 0 fully saturated rings. The van der Waals surface area contributed by atoms with E-state index in [2.05, 4.69) is 12.1 Å². The third-order valence-corrected chi connectivity index (χ3v) is 5.70. The fraction of sp³-hybridized carbons (Fsp3) is 0.0952. The first-order valence-electron chi connectivity index (χ1n) is 7.96. The minimum atomic E-state index is -0.398. The molecule has 126 valence electrons. The minimum absolute atomic E-state index is 0.239. The number of hydrogen-bond donors (Lipinski definition) is 0. The zero-order valence-electron chi connectivity index (χ0n) is 13.5. The van der Waals surface area contributed by atoms with Crippen molar-refractivity contribution >= 4 is 25.4 Å². The topological polar surface area (TPSA) is 26.3 Å². The van der Waals surface area contributed by atoms with Gasteiger partial charge in [-0.25, -0.2) is 0 Å². The third kappa shape index (κ3) is 5.02. The van der Waals surface area contributed by atoms with Crippen LogP contribution in [0.1, 0.15) is 6.42 Å². The first kappa shape index (κ1) is 17.4. The van der Waals surface area contributed by atoms with Gasteiger partial charge in [-0.15, -0.1) is 0 Å². The molecule has 0 radical (unpaired) electrons. The van der Waals surface area contributed by atoms with Crippen LogP contribution >= 0.6 is 0 Å². The van der Waals surface area contributed by atoms with Crippen molar-refractivity contribution in [3.8, 4) is 16.9 Å². The maximum atomic E-state index is 14.3. The molecule has 0 amide bonds. The standard InChI is InChI=1S/C21H17FO2Se/c22-20-15-17(11-12-19(20)16-7-3-1-4-8-16)24-21(23)13-14-25-18-9-5-2-6-10-18/h1-12,15H,13-14H2. The van der Waals surface area contributed by atoms with Gasteiger partial charge < -0.3 is 0 Å². The van der Waals surface area contributed by atoms with E-state index in [9.17, 15) is 9.18 Å². The molecule has 0 aliphatic carbocycles. The van der Waals surface area contributed by atoms with Gasteiger partial charge in [0.2, 0.25) is 0 Å². The Morgan fingerprint density at radius 2 is 1.60 bits per heavy atom. The second kappa shape index (κ2) is 8.61. The van der Waals surface area contributed by atoms with E-state index in [0.29, 0.717) is 12.0 Å². The van der Waals surface area contributed by atoms with E-state index in [4.69, 9.17) is 4.74 Å². The van der Waals surface area contributed by atoms with Crippen LogP contribution in [0.3, 0.4) is 0 Å². The zero-order valence-corrected chi connectivity index (χ0v) is 15.2. The van der Waals surface area contributed by atoms with E-state index >= 15 is 0 Å². The van der Waals surface area contributed by atoms with Crippen molar-refractivity contribution in [3.63, 3.8) is 0 Å². The Balaban J connectivity index is 1.56. The van der Waals surface area contributed by atoms with Gasteiger partial charge in [-0.05, 0) is 0 Å². The molecule has 0 aromatic heterocycles. The van der Waals surface area contributed by atoms with Crippen molar-refractivity contribution in [1.82, 2.24) is 0 Å². The number of hydrogen-bond acceptors (Lipinski definition) is 2. The molecule has 0 bridgehead atoms. The summed E-state index contributed by atoms with van der Waals surface area (Å²) in [6.45, 7) is 0. The molecule has 0 spiro atoms. The Kier molecular flexibility index (Phi) is 5.99. The molecular weight excluding hydrogens is 382 g/mol. The molecule has 0 aliphatic rings. The van der Waals surface area contributed by atoms with Crippen molar-refractivity contribution in [2.75, 3.05) is 0 Å². The summed E-state index contributed by atoms with van der Waals surface area (Å²) in [5.74, 6) is -0.482. The van der Waals surface area contributed by atoms with E-state index < -0.39 is 5.82 Å². The van der Waals surface area contributed by atoms with Gasteiger partial charge in [-0.3, -0.25) is 0 Å². The van der Waals surface area contributed by atoms with Crippen LogP contribution in [0.4, 0.5) is 4.39 Å². The average molecular weight is 399 g/mol. The Morgan fingerprint density at radius 1 is 0.920 bits per heavy atom. The van der Waals surface area contributed by atoms with Crippen LogP contribution in [0.2, 0.25) is 5.32 Å². The Morgan fingerprint density at radius 3 is 2.28 bits per heavy atom.